The molecule has 0 aromatic carbocycles. The fraction of sp³-hybridized carbons (Fsp3) is 0.933. The molecule has 4 amide bonds. The lowest BCUT2D eigenvalue weighted by atomic mass is 10.1. The Morgan fingerprint density at radius 3 is 1.59 bits per heavy atom. The number of rotatable bonds is 18. The highest BCUT2D eigenvalue weighted by Gasteiger charge is 2.30. The normalized spacial score (nSPS) is 17.1. The molecule has 0 unspecified atom stereocenters. The van der Waals surface area contributed by atoms with Crippen LogP contribution in [0.5, 0.6) is 0 Å². The average Bonchev–Trinajstić information content (AvgIpc) is 3.22. The molecule has 0 aliphatic carbocycles. The van der Waals surface area contributed by atoms with Crippen LogP contribution in [0.15, 0.2) is 0 Å². The molecule has 0 saturated carbocycles. The quantitative estimate of drug-likeness (QED) is 0.199. The summed E-state index contributed by atoms with van der Waals surface area (Å²) in [6, 6.07) is 0.809. The summed E-state index contributed by atoms with van der Waals surface area (Å²) >= 11 is 0. The van der Waals surface area contributed by atoms with Crippen molar-refractivity contribution in [3.63, 3.8) is 0 Å². The first-order valence-corrected chi connectivity index (χ1v) is 15.7. The molecule has 0 bridgehead atoms. The minimum Gasteiger partial charge on any atom is -0.323 e. The Kier molecular flexibility index (Phi) is 15.3. The smallest absolute Gasteiger partial charge is 0.320 e. The van der Waals surface area contributed by atoms with Crippen molar-refractivity contribution in [3.05, 3.63) is 0 Å². The van der Waals surface area contributed by atoms with E-state index in [1.807, 2.05) is 14.7 Å². The first kappa shape index (κ1) is 31.7. The minimum absolute atomic E-state index is 0.160. The lowest BCUT2D eigenvalue weighted by molar-refractivity contribution is 0.0923. The van der Waals surface area contributed by atoms with Gasteiger partial charge >= 0.3 is 12.1 Å². The van der Waals surface area contributed by atoms with Crippen molar-refractivity contribution in [2.45, 2.75) is 124 Å². The van der Waals surface area contributed by atoms with E-state index in [0.717, 1.165) is 65.3 Å². The Labute approximate surface area is 228 Å². The van der Waals surface area contributed by atoms with Gasteiger partial charge in [-0.25, -0.2) is 9.59 Å². The molecular formula is C30H59N5O2. The van der Waals surface area contributed by atoms with Crippen LogP contribution >= 0.6 is 0 Å². The summed E-state index contributed by atoms with van der Waals surface area (Å²) < 4.78 is 0. The third kappa shape index (κ3) is 11.4. The molecule has 37 heavy (non-hydrogen) atoms. The first-order chi connectivity index (χ1) is 17.8. The summed E-state index contributed by atoms with van der Waals surface area (Å²) in [7, 11) is 0. The van der Waals surface area contributed by atoms with Gasteiger partial charge < -0.3 is 19.6 Å². The second-order valence-corrected chi connectivity index (χ2v) is 11.9. The maximum absolute atomic E-state index is 12.9. The van der Waals surface area contributed by atoms with Crippen LogP contribution in [0.4, 0.5) is 9.59 Å². The van der Waals surface area contributed by atoms with Crippen molar-refractivity contribution in [2.24, 2.45) is 0 Å². The first-order valence-electron chi connectivity index (χ1n) is 15.7. The van der Waals surface area contributed by atoms with E-state index in [4.69, 9.17) is 0 Å². The third-order valence-electron chi connectivity index (χ3n) is 8.12. The molecule has 2 heterocycles. The van der Waals surface area contributed by atoms with E-state index in [1.54, 1.807) is 0 Å². The fourth-order valence-electron chi connectivity index (χ4n) is 5.82. The van der Waals surface area contributed by atoms with E-state index in [0.29, 0.717) is 0 Å². The van der Waals surface area contributed by atoms with Gasteiger partial charge in [0.15, 0.2) is 0 Å². The maximum atomic E-state index is 12.9. The monoisotopic (exact) mass is 521 g/mol. The van der Waals surface area contributed by atoms with Crippen molar-refractivity contribution in [1.82, 2.24) is 24.5 Å². The molecule has 2 rings (SSSR count). The summed E-state index contributed by atoms with van der Waals surface area (Å²) in [4.78, 5) is 36.2. The van der Waals surface area contributed by atoms with Gasteiger partial charge in [-0.3, -0.25) is 4.90 Å². The van der Waals surface area contributed by atoms with E-state index in [1.165, 1.54) is 70.6 Å². The minimum atomic E-state index is 0.160. The van der Waals surface area contributed by atoms with E-state index in [2.05, 4.69) is 44.4 Å². The Hall–Kier alpha value is -1.50. The Morgan fingerprint density at radius 2 is 1.11 bits per heavy atom. The number of amides is 4. The lowest BCUT2D eigenvalue weighted by Crippen LogP contribution is -2.56. The summed E-state index contributed by atoms with van der Waals surface area (Å²) in [6.07, 6.45) is 16.2. The molecular weight excluding hydrogens is 462 g/mol. The zero-order chi connectivity index (χ0) is 27.0. The van der Waals surface area contributed by atoms with Crippen LogP contribution in [-0.4, -0.2) is 108 Å². The molecule has 0 atom stereocenters. The number of hydrogen-bond acceptors (Lipinski definition) is 3. The summed E-state index contributed by atoms with van der Waals surface area (Å²) in [5.74, 6) is 0. The molecule has 2 saturated heterocycles. The molecule has 0 aromatic rings. The summed E-state index contributed by atoms with van der Waals surface area (Å²) in [6.45, 7) is 18.3. The highest BCUT2D eigenvalue weighted by atomic mass is 16.2. The molecule has 0 aromatic heterocycles. The van der Waals surface area contributed by atoms with Gasteiger partial charge in [-0.15, -0.1) is 0 Å². The van der Waals surface area contributed by atoms with Gasteiger partial charge in [0, 0.05) is 71.0 Å². The topological polar surface area (TPSA) is 50.3 Å². The highest BCUT2D eigenvalue weighted by molar-refractivity contribution is 5.76. The number of carbonyl (C=O) groups is 2. The largest absolute Gasteiger partial charge is 0.323 e. The van der Waals surface area contributed by atoms with Crippen LogP contribution in [0.25, 0.3) is 0 Å². The number of nitrogens with zero attached hydrogens (tertiary/aromatic N) is 5. The van der Waals surface area contributed by atoms with Gasteiger partial charge in [0.1, 0.15) is 0 Å². The molecule has 7 heteroatoms. The number of hydrogen-bond donors (Lipinski definition) is 0. The fourth-order valence-corrected chi connectivity index (χ4v) is 5.82. The van der Waals surface area contributed by atoms with Crippen molar-refractivity contribution < 1.29 is 9.59 Å². The number of piperazine rings is 1. The molecule has 0 radical (unpaired) electrons. The van der Waals surface area contributed by atoms with E-state index in [9.17, 15) is 9.59 Å². The maximum Gasteiger partial charge on any atom is 0.320 e. The second-order valence-electron chi connectivity index (χ2n) is 11.9. The van der Waals surface area contributed by atoms with Crippen LogP contribution in [0.2, 0.25) is 0 Å². The number of carbonyl (C=O) groups excluding carboxylic acids is 2. The number of urea groups is 2. The van der Waals surface area contributed by atoms with Crippen LogP contribution in [0.1, 0.15) is 112 Å². The average molecular weight is 522 g/mol. The summed E-state index contributed by atoms with van der Waals surface area (Å²) in [5, 5.41) is 0. The predicted octanol–water partition coefficient (Wildman–Crippen LogP) is 6.28. The molecule has 2 fully saturated rings. The Bertz CT molecular complexity index is 625. The molecule has 0 N–H and O–H groups in total. The zero-order valence-corrected chi connectivity index (χ0v) is 25.1. The van der Waals surface area contributed by atoms with E-state index in [-0.39, 0.29) is 24.1 Å². The summed E-state index contributed by atoms with van der Waals surface area (Å²) in [5.41, 5.74) is 0. The molecule has 7 nitrogen and oxygen atoms in total. The highest BCUT2D eigenvalue weighted by Crippen LogP contribution is 2.15. The standard InChI is InChI=1S/C30H59N5O2/c1-6-7-8-9-10-11-12-13-14-15-16-17-18-32-25-26-33(29(32)36)22-19-31-20-23-34(24-21-31)30(37)35(27(2)3)28(4)5/h27-28H,6-26H2,1-5H3. The third-order valence-corrected chi connectivity index (χ3v) is 8.12. The van der Waals surface area contributed by atoms with E-state index >= 15 is 0 Å². The predicted molar refractivity (Wildman–Crippen MR) is 155 cm³/mol. The van der Waals surface area contributed by atoms with Crippen LogP contribution in [0.3, 0.4) is 0 Å². The van der Waals surface area contributed by atoms with Gasteiger partial charge in [0.25, 0.3) is 0 Å². The Balaban J connectivity index is 1.52. The van der Waals surface area contributed by atoms with E-state index < -0.39 is 0 Å². The zero-order valence-electron chi connectivity index (χ0n) is 25.1. The van der Waals surface area contributed by atoms with Crippen molar-refractivity contribution in [3.8, 4) is 0 Å². The lowest BCUT2D eigenvalue weighted by Gasteiger charge is -2.40. The van der Waals surface area contributed by atoms with Gasteiger partial charge in [0.2, 0.25) is 0 Å². The van der Waals surface area contributed by atoms with Gasteiger partial charge in [0.05, 0.1) is 0 Å². The number of unbranched alkanes of at least 4 members (excludes halogenated alkanes) is 11. The molecule has 2 aliphatic rings. The van der Waals surface area contributed by atoms with Crippen LogP contribution < -0.4 is 0 Å². The Morgan fingerprint density at radius 1 is 0.649 bits per heavy atom. The molecule has 2 aliphatic heterocycles. The van der Waals surface area contributed by atoms with Crippen molar-refractivity contribution >= 4 is 12.1 Å². The van der Waals surface area contributed by atoms with Crippen LogP contribution in [0, 0.1) is 0 Å². The van der Waals surface area contributed by atoms with Gasteiger partial charge in [-0.2, -0.15) is 0 Å². The van der Waals surface area contributed by atoms with Crippen molar-refractivity contribution in [2.75, 3.05) is 58.9 Å². The van der Waals surface area contributed by atoms with Crippen LogP contribution in [-0.2, 0) is 0 Å². The molecule has 0 spiro atoms. The van der Waals surface area contributed by atoms with Gasteiger partial charge in [-0.05, 0) is 34.1 Å². The van der Waals surface area contributed by atoms with Crippen molar-refractivity contribution in [1.29, 1.82) is 0 Å². The second kappa shape index (κ2) is 17.9. The van der Waals surface area contributed by atoms with Gasteiger partial charge in [-0.1, -0.05) is 77.6 Å². The SMILES string of the molecule is CCCCCCCCCCCCCCN1CCN(CCN2CCN(C(=O)N(C(C)C)C(C)C)CC2)C1=O. The molecule has 216 valence electrons.